The van der Waals surface area contributed by atoms with E-state index in [-0.39, 0.29) is 5.97 Å². The van der Waals surface area contributed by atoms with Gasteiger partial charge in [0.05, 0.1) is 18.2 Å². The Morgan fingerprint density at radius 2 is 2.05 bits per heavy atom. The van der Waals surface area contributed by atoms with E-state index in [1.54, 1.807) is 12.3 Å². The molecule has 4 rings (SSSR count). The Hall–Kier alpha value is -2.88. The Labute approximate surface area is 120 Å². The summed E-state index contributed by atoms with van der Waals surface area (Å²) in [5, 5.41) is 4.29. The molecule has 0 spiro atoms. The van der Waals surface area contributed by atoms with Gasteiger partial charge in [-0.25, -0.2) is 4.79 Å². The molecule has 4 heteroatoms. The third-order valence-corrected chi connectivity index (χ3v) is 3.82. The molecule has 0 bridgehead atoms. The lowest BCUT2D eigenvalue weighted by atomic mass is 10.0. The molecule has 102 valence electrons. The van der Waals surface area contributed by atoms with Gasteiger partial charge in [0.25, 0.3) is 0 Å². The molecule has 2 heterocycles. The van der Waals surface area contributed by atoms with Crippen molar-refractivity contribution >= 4 is 38.5 Å². The van der Waals surface area contributed by atoms with E-state index in [1.165, 1.54) is 7.11 Å². The summed E-state index contributed by atoms with van der Waals surface area (Å²) in [5.74, 6) is -0.338. The van der Waals surface area contributed by atoms with Crippen LogP contribution in [0, 0.1) is 0 Å². The summed E-state index contributed by atoms with van der Waals surface area (Å²) in [5.41, 5.74) is 2.33. The van der Waals surface area contributed by atoms with Crippen LogP contribution in [0.1, 0.15) is 10.4 Å². The van der Waals surface area contributed by atoms with Gasteiger partial charge in [-0.1, -0.05) is 18.2 Å². The molecular formula is C17H12N2O2. The number of nitrogens with zero attached hydrogens (tertiary/aromatic N) is 1. The maximum absolute atomic E-state index is 11.9. The zero-order chi connectivity index (χ0) is 14.4. The fourth-order valence-corrected chi connectivity index (χ4v) is 2.87. The molecule has 0 saturated carbocycles. The number of pyridine rings is 1. The number of aromatic amines is 1. The molecular weight excluding hydrogens is 264 g/mol. The Balaban J connectivity index is 2.22. The highest BCUT2D eigenvalue weighted by molar-refractivity contribution is 6.22. The Bertz CT molecular complexity index is 1000. The molecule has 0 atom stereocenters. The predicted molar refractivity (Wildman–Crippen MR) is 82.4 cm³/mol. The normalized spacial score (nSPS) is 11.3. The topological polar surface area (TPSA) is 55.0 Å². The van der Waals surface area contributed by atoms with Crippen LogP contribution in [-0.4, -0.2) is 23.0 Å². The number of hydrogen-bond donors (Lipinski definition) is 1. The molecule has 1 N–H and O–H groups in total. The van der Waals surface area contributed by atoms with Gasteiger partial charge in [0.2, 0.25) is 0 Å². The number of aromatic nitrogens is 2. The second-order valence-electron chi connectivity index (χ2n) is 4.93. The van der Waals surface area contributed by atoms with Crippen LogP contribution in [0.3, 0.4) is 0 Å². The molecule has 0 fully saturated rings. The molecule has 0 radical (unpaired) electrons. The monoisotopic (exact) mass is 276 g/mol. The zero-order valence-corrected chi connectivity index (χ0v) is 11.4. The highest BCUT2D eigenvalue weighted by Gasteiger charge is 2.15. The largest absolute Gasteiger partial charge is 0.465 e. The van der Waals surface area contributed by atoms with E-state index in [0.717, 1.165) is 32.6 Å². The summed E-state index contributed by atoms with van der Waals surface area (Å²) in [6, 6.07) is 11.7. The van der Waals surface area contributed by atoms with Crippen molar-refractivity contribution in [3.05, 3.63) is 54.4 Å². The lowest BCUT2D eigenvalue weighted by Crippen LogP contribution is -2.01. The molecule has 4 aromatic rings. The first-order valence-electron chi connectivity index (χ1n) is 6.65. The van der Waals surface area contributed by atoms with Crippen LogP contribution in [-0.2, 0) is 4.74 Å². The minimum Gasteiger partial charge on any atom is -0.465 e. The Morgan fingerprint density at radius 3 is 2.90 bits per heavy atom. The first kappa shape index (κ1) is 11.9. The minimum absolute atomic E-state index is 0.338. The summed E-state index contributed by atoms with van der Waals surface area (Å²) in [7, 11) is 1.39. The summed E-state index contributed by atoms with van der Waals surface area (Å²) < 4.78 is 4.86. The molecule has 0 aliphatic carbocycles. The molecule has 0 aliphatic rings. The van der Waals surface area contributed by atoms with E-state index in [1.807, 2.05) is 36.5 Å². The van der Waals surface area contributed by atoms with Crippen LogP contribution in [0.2, 0.25) is 0 Å². The van der Waals surface area contributed by atoms with Gasteiger partial charge in [0, 0.05) is 34.1 Å². The van der Waals surface area contributed by atoms with Gasteiger partial charge >= 0.3 is 5.97 Å². The van der Waals surface area contributed by atoms with Crippen LogP contribution in [0.25, 0.3) is 32.6 Å². The number of H-pyrrole nitrogens is 1. The summed E-state index contributed by atoms with van der Waals surface area (Å²) in [6.07, 6.45) is 3.64. The molecule has 2 aromatic carbocycles. The van der Waals surface area contributed by atoms with E-state index in [2.05, 4.69) is 9.97 Å². The van der Waals surface area contributed by atoms with Crippen molar-refractivity contribution in [2.24, 2.45) is 0 Å². The number of esters is 1. The number of carbonyl (C=O) groups excluding carboxylic acids is 1. The van der Waals surface area contributed by atoms with Gasteiger partial charge in [0.15, 0.2) is 0 Å². The van der Waals surface area contributed by atoms with Gasteiger partial charge in [-0.2, -0.15) is 0 Å². The smallest absolute Gasteiger partial charge is 0.339 e. The average Bonchev–Trinajstić information content (AvgIpc) is 2.93. The molecule has 0 aliphatic heterocycles. The molecule has 2 aromatic heterocycles. The second-order valence-corrected chi connectivity index (χ2v) is 4.93. The molecule has 0 unspecified atom stereocenters. The number of nitrogens with one attached hydrogen (secondary N) is 1. The van der Waals surface area contributed by atoms with Gasteiger partial charge < -0.3 is 9.72 Å². The lowest BCUT2D eigenvalue weighted by Gasteiger charge is -2.01. The fourth-order valence-electron chi connectivity index (χ4n) is 2.87. The van der Waals surface area contributed by atoms with Gasteiger partial charge in [-0.15, -0.1) is 0 Å². The first-order chi connectivity index (χ1) is 10.3. The van der Waals surface area contributed by atoms with Gasteiger partial charge in [0.1, 0.15) is 0 Å². The first-order valence-corrected chi connectivity index (χ1v) is 6.65. The second kappa shape index (κ2) is 4.31. The van der Waals surface area contributed by atoms with Crippen molar-refractivity contribution in [2.75, 3.05) is 7.11 Å². The third kappa shape index (κ3) is 1.62. The van der Waals surface area contributed by atoms with Crippen molar-refractivity contribution in [3.8, 4) is 0 Å². The highest BCUT2D eigenvalue weighted by Crippen LogP contribution is 2.33. The summed E-state index contributed by atoms with van der Waals surface area (Å²) >= 11 is 0. The van der Waals surface area contributed by atoms with E-state index in [0.29, 0.717) is 5.56 Å². The number of fused-ring (bicyclic) bond motifs is 5. The summed E-state index contributed by atoms with van der Waals surface area (Å²) in [6.45, 7) is 0. The van der Waals surface area contributed by atoms with E-state index >= 15 is 0 Å². The van der Waals surface area contributed by atoms with E-state index in [9.17, 15) is 4.79 Å². The van der Waals surface area contributed by atoms with Crippen molar-refractivity contribution in [3.63, 3.8) is 0 Å². The molecule has 4 nitrogen and oxygen atoms in total. The number of ether oxygens (including phenoxy) is 1. The number of para-hydroxylation sites is 1. The number of rotatable bonds is 1. The number of hydrogen-bond acceptors (Lipinski definition) is 3. The van der Waals surface area contributed by atoms with Crippen LogP contribution >= 0.6 is 0 Å². The maximum atomic E-state index is 11.9. The maximum Gasteiger partial charge on any atom is 0.339 e. The fraction of sp³-hybridized carbons (Fsp3) is 0.0588. The van der Waals surface area contributed by atoms with Gasteiger partial charge in [-0.05, 0) is 23.6 Å². The number of benzene rings is 2. The standard InChI is InChI=1S/C17H12N2O2/c1-21-17(20)12-4-2-3-11-15-13-9-18-8-7-10(13)5-6-14(15)19-16(11)12/h2-9,19H,1H3. The molecule has 0 saturated heterocycles. The molecule has 0 amide bonds. The number of carbonyl (C=O) groups is 1. The van der Waals surface area contributed by atoms with E-state index in [4.69, 9.17) is 4.74 Å². The van der Waals surface area contributed by atoms with Crippen molar-refractivity contribution in [2.45, 2.75) is 0 Å². The SMILES string of the molecule is COC(=O)c1cccc2c1[nH]c1ccc3ccncc3c12. The van der Waals surface area contributed by atoms with Crippen molar-refractivity contribution in [1.29, 1.82) is 0 Å². The zero-order valence-electron chi connectivity index (χ0n) is 11.4. The van der Waals surface area contributed by atoms with Crippen LogP contribution in [0.5, 0.6) is 0 Å². The lowest BCUT2D eigenvalue weighted by molar-refractivity contribution is 0.0603. The van der Waals surface area contributed by atoms with Crippen LogP contribution in [0.4, 0.5) is 0 Å². The highest BCUT2D eigenvalue weighted by atomic mass is 16.5. The minimum atomic E-state index is -0.338. The third-order valence-electron chi connectivity index (χ3n) is 3.82. The quantitative estimate of drug-likeness (QED) is 0.540. The van der Waals surface area contributed by atoms with Crippen LogP contribution in [0.15, 0.2) is 48.8 Å². The van der Waals surface area contributed by atoms with E-state index < -0.39 is 0 Å². The average molecular weight is 276 g/mol. The Kier molecular flexibility index (Phi) is 2.44. The molecule has 21 heavy (non-hydrogen) atoms. The Morgan fingerprint density at radius 1 is 1.14 bits per heavy atom. The predicted octanol–water partition coefficient (Wildman–Crippen LogP) is 3.66. The van der Waals surface area contributed by atoms with Gasteiger partial charge in [-0.3, -0.25) is 4.98 Å². The van der Waals surface area contributed by atoms with Crippen molar-refractivity contribution < 1.29 is 9.53 Å². The number of methoxy groups -OCH3 is 1. The summed E-state index contributed by atoms with van der Waals surface area (Å²) in [4.78, 5) is 19.5. The van der Waals surface area contributed by atoms with Crippen molar-refractivity contribution in [1.82, 2.24) is 9.97 Å². The van der Waals surface area contributed by atoms with Crippen LogP contribution < -0.4 is 0 Å².